The van der Waals surface area contributed by atoms with Crippen LogP contribution in [0.1, 0.15) is 33.1 Å². The summed E-state index contributed by atoms with van der Waals surface area (Å²) in [4.78, 5) is 25.2. The van der Waals surface area contributed by atoms with Gasteiger partial charge in [0.15, 0.2) is 5.78 Å². The lowest BCUT2D eigenvalue weighted by atomic mass is 9.73. The number of aliphatic hydroxyl groups is 2. The maximum Gasteiger partial charge on any atom is 0.344 e. The number of epoxide rings is 2. The second-order valence-corrected chi connectivity index (χ2v) is 8.91. The molecule has 2 N–H and O–H groups in total. The van der Waals surface area contributed by atoms with Crippen LogP contribution in [0.25, 0.3) is 0 Å². The van der Waals surface area contributed by atoms with Gasteiger partial charge in [-0.15, -0.1) is 0 Å². The molecule has 0 aromatic rings. The van der Waals surface area contributed by atoms with E-state index in [1.54, 1.807) is 6.92 Å². The van der Waals surface area contributed by atoms with Gasteiger partial charge in [0, 0.05) is 18.8 Å². The average Bonchev–Trinajstić information content (AvgIpc) is 3.50. The van der Waals surface area contributed by atoms with E-state index in [1.807, 2.05) is 6.92 Å². The van der Waals surface area contributed by atoms with Crippen LogP contribution < -0.4 is 0 Å². The third-order valence-electron chi connectivity index (χ3n) is 6.86. The van der Waals surface area contributed by atoms with E-state index in [0.717, 1.165) is 5.57 Å². The third kappa shape index (κ3) is 2.35. The number of carbonyl (C=O) groups is 2. The van der Waals surface area contributed by atoms with E-state index < -0.39 is 53.3 Å². The molecule has 4 fully saturated rings. The maximum absolute atomic E-state index is 12.7. The van der Waals surface area contributed by atoms with Crippen LogP contribution in [0.3, 0.4) is 0 Å². The molecule has 0 spiro atoms. The molecule has 5 aliphatic heterocycles. The molecule has 152 valence electrons. The molecular formula is C20H24O8. The fourth-order valence-electron chi connectivity index (χ4n) is 5.00. The van der Waals surface area contributed by atoms with Crippen molar-refractivity contribution in [1.82, 2.24) is 0 Å². The zero-order valence-corrected chi connectivity index (χ0v) is 15.8. The molecule has 5 aliphatic rings. The molecule has 8 atom stereocenters. The monoisotopic (exact) mass is 392 g/mol. The smallest absolute Gasteiger partial charge is 0.344 e. The van der Waals surface area contributed by atoms with Crippen molar-refractivity contribution in [3.8, 4) is 0 Å². The summed E-state index contributed by atoms with van der Waals surface area (Å²) in [6.07, 6.45) is -1.30. The predicted octanol–water partition coefficient (Wildman–Crippen LogP) is 0.158. The highest BCUT2D eigenvalue weighted by molar-refractivity contribution is 5.92. The van der Waals surface area contributed by atoms with Crippen molar-refractivity contribution in [3.05, 3.63) is 23.8 Å². The first-order chi connectivity index (χ1) is 13.1. The van der Waals surface area contributed by atoms with Crippen molar-refractivity contribution in [2.24, 2.45) is 5.92 Å². The van der Waals surface area contributed by atoms with E-state index in [0.29, 0.717) is 13.0 Å². The van der Waals surface area contributed by atoms with E-state index in [9.17, 15) is 19.8 Å². The van der Waals surface area contributed by atoms with Crippen LogP contribution in [-0.4, -0.2) is 70.0 Å². The van der Waals surface area contributed by atoms with Crippen LogP contribution in [0.2, 0.25) is 0 Å². The molecule has 5 heterocycles. The molecule has 0 aliphatic carbocycles. The lowest BCUT2D eigenvalue weighted by Gasteiger charge is -2.47. The van der Waals surface area contributed by atoms with Crippen molar-refractivity contribution in [2.75, 3.05) is 6.61 Å². The number of ketones is 1. The fourth-order valence-corrected chi connectivity index (χ4v) is 5.00. The fraction of sp³-hybridized carbons (Fsp3) is 0.700. The summed E-state index contributed by atoms with van der Waals surface area (Å²) in [6, 6.07) is 0. The number of ether oxygens (including phenoxy) is 4. The van der Waals surface area contributed by atoms with Gasteiger partial charge in [0.05, 0.1) is 12.2 Å². The van der Waals surface area contributed by atoms with E-state index in [2.05, 4.69) is 6.58 Å². The third-order valence-corrected chi connectivity index (χ3v) is 6.86. The molecule has 0 aromatic heterocycles. The summed E-state index contributed by atoms with van der Waals surface area (Å²) in [6.45, 7) is 7.88. The van der Waals surface area contributed by atoms with Gasteiger partial charge >= 0.3 is 5.97 Å². The first kappa shape index (κ1) is 18.4. The quantitative estimate of drug-likeness (QED) is 0.368. The zero-order valence-electron chi connectivity index (χ0n) is 15.8. The first-order valence-electron chi connectivity index (χ1n) is 9.59. The second-order valence-electron chi connectivity index (χ2n) is 8.91. The normalized spacial score (nSPS) is 54.6. The van der Waals surface area contributed by atoms with Gasteiger partial charge in [-0.1, -0.05) is 12.2 Å². The zero-order chi connectivity index (χ0) is 20.1. The molecule has 0 aromatic carbocycles. The highest BCUT2D eigenvalue weighted by atomic mass is 16.7. The number of fused-ring (bicyclic) bond motifs is 2. The van der Waals surface area contributed by atoms with Crippen molar-refractivity contribution < 1.29 is 38.7 Å². The minimum absolute atomic E-state index is 0.0464. The second kappa shape index (κ2) is 5.52. The Hall–Kier alpha value is -1.58. The number of hydrogen-bond acceptors (Lipinski definition) is 8. The molecule has 0 amide bonds. The standard InChI is InChI=1S/C20H24O8/c1-9-4-11(21)6-10(2)20(24)15(22)12(18(3)8-25-18)7-14(27-20)19-16(28-19)13(5-9)26-17(19)23/h4,12-16,22,24H,2,5-8H2,1,3H3/b9-4-/t12-,13+,14-,15+,16+,18?,19+,20-/m1/s1. The highest BCUT2D eigenvalue weighted by Gasteiger charge is 2.79. The van der Waals surface area contributed by atoms with Crippen LogP contribution in [0.5, 0.6) is 0 Å². The van der Waals surface area contributed by atoms with Crippen LogP contribution in [-0.2, 0) is 28.5 Å². The highest BCUT2D eigenvalue weighted by Crippen LogP contribution is 2.58. The molecule has 0 radical (unpaired) electrons. The van der Waals surface area contributed by atoms with Gasteiger partial charge in [0.25, 0.3) is 0 Å². The van der Waals surface area contributed by atoms with Crippen LogP contribution in [0.15, 0.2) is 23.8 Å². The summed E-state index contributed by atoms with van der Waals surface area (Å²) in [5.74, 6) is -3.51. The van der Waals surface area contributed by atoms with Gasteiger partial charge in [-0.05, 0) is 31.9 Å². The largest absolute Gasteiger partial charge is 0.457 e. The lowest BCUT2D eigenvalue weighted by Crippen LogP contribution is -2.63. The molecular weight excluding hydrogens is 368 g/mol. The summed E-state index contributed by atoms with van der Waals surface area (Å²) < 4.78 is 22.7. The number of carbonyl (C=O) groups excluding carboxylic acids is 2. The molecule has 8 nitrogen and oxygen atoms in total. The van der Waals surface area contributed by atoms with Gasteiger partial charge in [-0.2, -0.15) is 0 Å². The summed E-state index contributed by atoms with van der Waals surface area (Å²) in [7, 11) is 0. The summed E-state index contributed by atoms with van der Waals surface area (Å²) >= 11 is 0. The molecule has 5 rings (SSSR count). The minimum Gasteiger partial charge on any atom is -0.457 e. The van der Waals surface area contributed by atoms with Gasteiger partial charge < -0.3 is 29.2 Å². The Morgan fingerprint density at radius 1 is 1.29 bits per heavy atom. The Labute approximate surface area is 162 Å². The Bertz CT molecular complexity index is 813. The van der Waals surface area contributed by atoms with E-state index in [-0.39, 0.29) is 24.2 Å². The van der Waals surface area contributed by atoms with Gasteiger partial charge in [-0.3, -0.25) is 4.79 Å². The Morgan fingerprint density at radius 3 is 2.64 bits per heavy atom. The van der Waals surface area contributed by atoms with Crippen molar-refractivity contribution in [3.63, 3.8) is 0 Å². The van der Waals surface area contributed by atoms with Crippen molar-refractivity contribution in [2.45, 2.75) is 74.5 Å². The van der Waals surface area contributed by atoms with Gasteiger partial charge in [0.1, 0.15) is 24.4 Å². The minimum atomic E-state index is -2.19. The molecule has 28 heavy (non-hydrogen) atoms. The van der Waals surface area contributed by atoms with Crippen LogP contribution in [0, 0.1) is 5.92 Å². The topological polar surface area (TPSA) is 118 Å². The average molecular weight is 392 g/mol. The Kier molecular flexibility index (Phi) is 3.63. The first-order valence-corrected chi connectivity index (χ1v) is 9.59. The summed E-state index contributed by atoms with van der Waals surface area (Å²) in [5.41, 5.74) is -1.15. The van der Waals surface area contributed by atoms with E-state index >= 15 is 0 Å². The Balaban J connectivity index is 1.60. The van der Waals surface area contributed by atoms with Crippen LogP contribution in [0.4, 0.5) is 0 Å². The molecule has 4 saturated heterocycles. The predicted molar refractivity (Wildman–Crippen MR) is 92.9 cm³/mol. The van der Waals surface area contributed by atoms with Gasteiger partial charge in [0.2, 0.25) is 11.4 Å². The number of aliphatic hydroxyl groups excluding tert-OH is 1. The molecule has 0 saturated carbocycles. The summed E-state index contributed by atoms with van der Waals surface area (Å²) in [5, 5.41) is 22.3. The molecule has 8 heteroatoms. The lowest BCUT2D eigenvalue weighted by molar-refractivity contribution is -0.306. The number of esters is 1. The van der Waals surface area contributed by atoms with E-state index in [4.69, 9.17) is 18.9 Å². The van der Waals surface area contributed by atoms with Crippen molar-refractivity contribution >= 4 is 11.8 Å². The Morgan fingerprint density at radius 2 is 2.00 bits per heavy atom. The van der Waals surface area contributed by atoms with E-state index in [1.165, 1.54) is 6.08 Å². The SMILES string of the molecule is C=C1CC(=O)/C=C(/C)C[C@@H]2OC(=O)[C@]3(O[C@@H]23)[C@H]2C[C@@H](C3(C)CO3)[C@H](O)[C@]1(O)O2. The van der Waals surface area contributed by atoms with Gasteiger partial charge in [-0.25, -0.2) is 4.79 Å². The maximum atomic E-state index is 12.7. The number of hydrogen-bond donors (Lipinski definition) is 2. The number of rotatable bonds is 1. The number of allylic oxidation sites excluding steroid dienone is 1. The van der Waals surface area contributed by atoms with Crippen molar-refractivity contribution in [1.29, 1.82) is 0 Å². The van der Waals surface area contributed by atoms with Crippen LogP contribution >= 0.6 is 0 Å². The molecule has 4 bridgehead atoms. The molecule has 1 unspecified atom stereocenters.